The number of rotatable bonds is 7. The minimum Gasteiger partial charge on any atom is -0.497 e. The molecule has 0 bridgehead atoms. The number of hydrogen-bond donors (Lipinski definition) is 2. The molecular weight excluding hydrogens is 466 g/mol. The van der Waals surface area contributed by atoms with E-state index in [2.05, 4.69) is 35.4 Å². The molecule has 3 heterocycles. The van der Waals surface area contributed by atoms with Gasteiger partial charge in [-0.3, -0.25) is 14.8 Å². The van der Waals surface area contributed by atoms with E-state index in [0.29, 0.717) is 35.1 Å². The molecule has 3 atom stereocenters. The number of fused-ring (bicyclic) bond motifs is 1. The van der Waals surface area contributed by atoms with Crippen LogP contribution < -0.4 is 25.0 Å². The number of carbonyl (C=O) groups is 1. The third-order valence-electron chi connectivity index (χ3n) is 7.28. The first-order valence-electron chi connectivity index (χ1n) is 13.1. The van der Waals surface area contributed by atoms with Crippen LogP contribution in [0.3, 0.4) is 0 Å². The van der Waals surface area contributed by atoms with Crippen molar-refractivity contribution in [2.75, 3.05) is 32.2 Å². The molecule has 2 fully saturated rings. The predicted molar refractivity (Wildman–Crippen MR) is 146 cm³/mol. The zero-order valence-corrected chi connectivity index (χ0v) is 22.6. The van der Waals surface area contributed by atoms with E-state index in [1.54, 1.807) is 20.4 Å². The number of methoxy groups -OCH3 is 2. The lowest BCUT2D eigenvalue weighted by molar-refractivity contribution is 0.0940. The topological polar surface area (TPSA) is 88.6 Å². The summed E-state index contributed by atoms with van der Waals surface area (Å²) in [5.74, 6) is 1.68. The Morgan fingerprint density at radius 1 is 1.08 bits per heavy atom. The van der Waals surface area contributed by atoms with Crippen LogP contribution in [0.2, 0.25) is 0 Å². The summed E-state index contributed by atoms with van der Waals surface area (Å²) in [7, 11) is 3.24. The third kappa shape index (κ3) is 5.21. The molecule has 37 heavy (non-hydrogen) atoms. The molecule has 1 saturated heterocycles. The van der Waals surface area contributed by atoms with Gasteiger partial charge in [0, 0.05) is 54.4 Å². The summed E-state index contributed by atoms with van der Waals surface area (Å²) >= 11 is 0. The molecule has 0 unspecified atom stereocenters. The van der Waals surface area contributed by atoms with Crippen LogP contribution in [0.15, 0.2) is 30.5 Å². The van der Waals surface area contributed by atoms with Gasteiger partial charge in [0.25, 0.3) is 5.91 Å². The molecule has 5 rings (SSSR count). The number of hydrogen-bond acceptors (Lipinski definition) is 7. The van der Waals surface area contributed by atoms with Gasteiger partial charge in [-0.25, -0.2) is 0 Å². The summed E-state index contributed by atoms with van der Waals surface area (Å²) in [4.78, 5) is 25.9. The van der Waals surface area contributed by atoms with Crippen LogP contribution in [-0.4, -0.2) is 55.3 Å². The number of pyridine rings is 2. The zero-order valence-electron chi connectivity index (χ0n) is 22.6. The van der Waals surface area contributed by atoms with Gasteiger partial charge in [-0.15, -0.1) is 0 Å². The highest BCUT2D eigenvalue weighted by molar-refractivity contribution is 6.08. The van der Waals surface area contributed by atoms with E-state index in [4.69, 9.17) is 19.4 Å². The first-order valence-corrected chi connectivity index (χ1v) is 13.1. The second-order valence-corrected chi connectivity index (χ2v) is 10.6. The number of anilines is 1. The number of carbonyl (C=O) groups excluding carboxylic acids is 1. The molecule has 0 radical (unpaired) electrons. The molecule has 8 nitrogen and oxygen atoms in total. The summed E-state index contributed by atoms with van der Waals surface area (Å²) in [5, 5.41) is 7.82. The van der Waals surface area contributed by atoms with Crippen molar-refractivity contribution < 1.29 is 14.3 Å². The molecule has 1 aliphatic carbocycles. The Bertz CT molecular complexity index is 1290. The first kappa shape index (κ1) is 25.3. The Labute approximate surface area is 218 Å². The van der Waals surface area contributed by atoms with Crippen LogP contribution in [0.1, 0.15) is 72.9 Å². The third-order valence-corrected chi connectivity index (χ3v) is 7.28. The number of nitrogens with one attached hydrogen (secondary N) is 2. The highest BCUT2D eigenvalue weighted by Gasteiger charge is 2.32. The summed E-state index contributed by atoms with van der Waals surface area (Å²) in [5.41, 5.74) is 5.39. The van der Waals surface area contributed by atoms with Gasteiger partial charge in [0.05, 0.1) is 42.7 Å². The molecule has 2 aromatic heterocycles. The van der Waals surface area contributed by atoms with Gasteiger partial charge >= 0.3 is 0 Å². The number of benzene rings is 1. The quantitative estimate of drug-likeness (QED) is 0.490. The fraction of sp³-hybridized carbons (Fsp3) is 0.483. The van der Waals surface area contributed by atoms with Crippen molar-refractivity contribution in [3.63, 3.8) is 0 Å². The maximum absolute atomic E-state index is 13.9. The largest absolute Gasteiger partial charge is 0.497 e. The Morgan fingerprint density at radius 3 is 2.32 bits per heavy atom. The van der Waals surface area contributed by atoms with Crippen LogP contribution in [-0.2, 0) is 0 Å². The molecule has 2 N–H and O–H groups in total. The molecule has 196 valence electrons. The van der Waals surface area contributed by atoms with Crippen LogP contribution in [0.5, 0.6) is 11.5 Å². The lowest BCUT2D eigenvalue weighted by Gasteiger charge is -2.39. The SMILES string of the molecule is COc1cc(OC)cc([C@H](C)NC(=O)c2cnc3c(C4CC4)nc(C)cc3c2N2C[C@@H](C)N[C@@H](C)C2)c1. The maximum atomic E-state index is 13.9. The summed E-state index contributed by atoms with van der Waals surface area (Å²) in [6.07, 6.45) is 4.04. The van der Waals surface area contributed by atoms with Crippen LogP contribution in [0.4, 0.5) is 5.69 Å². The molecule has 3 aromatic rings. The molecule has 1 saturated carbocycles. The number of amides is 1. The van der Waals surface area contributed by atoms with E-state index >= 15 is 0 Å². The van der Waals surface area contributed by atoms with Crippen molar-refractivity contribution in [2.24, 2.45) is 0 Å². The molecule has 2 aliphatic rings. The van der Waals surface area contributed by atoms with E-state index in [1.807, 2.05) is 32.0 Å². The van der Waals surface area contributed by atoms with Gasteiger partial charge in [-0.1, -0.05) is 0 Å². The van der Waals surface area contributed by atoms with Crippen LogP contribution in [0.25, 0.3) is 10.9 Å². The van der Waals surface area contributed by atoms with Crippen molar-refractivity contribution >= 4 is 22.5 Å². The van der Waals surface area contributed by atoms with Crippen LogP contribution >= 0.6 is 0 Å². The number of aryl methyl sites for hydroxylation is 1. The van der Waals surface area contributed by atoms with Crippen molar-refractivity contribution in [3.05, 3.63) is 53.0 Å². The first-order chi connectivity index (χ1) is 17.8. The second kappa shape index (κ2) is 10.2. The van der Waals surface area contributed by atoms with Gasteiger partial charge in [-0.05, 0) is 64.3 Å². The standard InChI is InChI=1S/C29H37N5O3/c1-16-9-24-27(26(32-16)20-7-8-20)30-13-25(28(24)34-14-17(2)31-18(3)15-34)29(35)33-19(4)21-10-22(36-5)12-23(11-21)37-6/h9-13,17-20,31H,7-8,14-15H2,1-6H3,(H,33,35)/t17-,18+,19-/m0/s1. The normalized spacial score (nSPS) is 20.5. The Balaban J connectivity index is 1.57. The molecule has 0 spiro atoms. The van der Waals surface area contributed by atoms with Gasteiger partial charge in [0.15, 0.2) is 0 Å². The lowest BCUT2D eigenvalue weighted by atomic mass is 10.0. The Hall–Kier alpha value is -3.39. The number of piperazine rings is 1. The second-order valence-electron chi connectivity index (χ2n) is 10.6. The van der Waals surface area contributed by atoms with E-state index in [1.165, 1.54) is 0 Å². The van der Waals surface area contributed by atoms with E-state index < -0.39 is 0 Å². The summed E-state index contributed by atoms with van der Waals surface area (Å²) in [6.45, 7) is 10.00. The minimum absolute atomic E-state index is 0.153. The average Bonchev–Trinajstić information content (AvgIpc) is 3.72. The highest BCUT2D eigenvalue weighted by Crippen LogP contribution is 2.43. The number of aromatic nitrogens is 2. The summed E-state index contributed by atoms with van der Waals surface area (Å²) in [6, 6.07) is 8.10. The van der Waals surface area contributed by atoms with E-state index in [-0.39, 0.29) is 11.9 Å². The Kier molecular flexibility index (Phi) is 6.94. The highest BCUT2D eigenvalue weighted by atomic mass is 16.5. The van der Waals surface area contributed by atoms with Crippen LogP contribution in [0, 0.1) is 6.92 Å². The molecule has 8 heteroatoms. The predicted octanol–water partition coefficient (Wildman–Crippen LogP) is 4.51. The van der Waals surface area contributed by atoms with Crippen molar-refractivity contribution in [1.29, 1.82) is 0 Å². The van der Waals surface area contributed by atoms with Gasteiger partial charge in [0.2, 0.25) is 0 Å². The molecular formula is C29H37N5O3. The maximum Gasteiger partial charge on any atom is 0.255 e. The average molecular weight is 504 g/mol. The van der Waals surface area contributed by atoms with Crippen molar-refractivity contribution in [3.8, 4) is 11.5 Å². The molecule has 1 amide bonds. The van der Waals surface area contributed by atoms with E-state index in [9.17, 15) is 4.79 Å². The fourth-order valence-electron chi connectivity index (χ4n) is 5.44. The van der Waals surface area contributed by atoms with Gasteiger partial charge in [0.1, 0.15) is 11.5 Å². The Morgan fingerprint density at radius 2 is 1.73 bits per heavy atom. The molecule has 1 aliphatic heterocycles. The van der Waals surface area contributed by atoms with Gasteiger partial charge in [-0.2, -0.15) is 0 Å². The summed E-state index contributed by atoms with van der Waals surface area (Å²) < 4.78 is 10.9. The van der Waals surface area contributed by atoms with Gasteiger partial charge < -0.3 is 25.0 Å². The molecule has 1 aromatic carbocycles. The number of ether oxygens (including phenoxy) is 2. The lowest BCUT2D eigenvalue weighted by Crippen LogP contribution is -2.54. The van der Waals surface area contributed by atoms with Crippen molar-refractivity contribution in [1.82, 2.24) is 20.6 Å². The minimum atomic E-state index is -0.262. The van der Waals surface area contributed by atoms with E-state index in [0.717, 1.165) is 59.5 Å². The fourth-order valence-corrected chi connectivity index (χ4v) is 5.44. The smallest absolute Gasteiger partial charge is 0.255 e. The number of nitrogens with zero attached hydrogens (tertiary/aromatic N) is 3. The monoisotopic (exact) mass is 503 g/mol. The van der Waals surface area contributed by atoms with Crippen molar-refractivity contribution in [2.45, 2.75) is 64.6 Å². The zero-order chi connectivity index (χ0) is 26.3.